The molecule has 6 nitrogen and oxygen atoms in total. The van der Waals surface area contributed by atoms with Gasteiger partial charge in [-0.25, -0.2) is 0 Å². The smallest absolute Gasteiger partial charge is 0.323 e. The van der Waals surface area contributed by atoms with Gasteiger partial charge < -0.3 is 13.7 Å². The van der Waals surface area contributed by atoms with Crippen LogP contribution in [-0.4, -0.2) is 27.8 Å². The fraction of sp³-hybridized carbons (Fsp3) is 0.267. The molecule has 120 valence electrons. The van der Waals surface area contributed by atoms with E-state index in [1.165, 1.54) is 30.2 Å². The molecule has 1 atom stereocenters. The van der Waals surface area contributed by atoms with E-state index >= 15 is 0 Å². The molecule has 0 N–H and O–H groups in total. The van der Waals surface area contributed by atoms with Crippen LogP contribution in [0.5, 0.6) is 0 Å². The number of hydrogen-bond donors (Lipinski definition) is 0. The van der Waals surface area contributed by atoms with Crippen LogP contribution in [0.25, 0.3) is 11.4 Å². The number of thioether (sulfide) groups is 1. The molecule has 0 aliphatic carbocycles. The summed E-state index contributed by atoms with van der Waals surface area (Å²) in [5, 5.41) is 12.5. The Morgan fingerprint density at radius 1 is 1.43 bits per heavy atom. The van der Waals surface area contributed by atoms with Gasteiger partial charge in [0.15, 0.2) is 11.0 Å². The third-order valence-corrected chi connectivity index (χ3v) is 5.39. The molecule has 0 aliphatic rings. The second-order valence-electron chi connectivity index (χ2n) is 4.83. The van der Waals surface area contributed by atoms with Crippen LogP contribution in [0.2, 0.25) is 0 Å². The SMILES string of the molecule is COC(=O)[C@H](Sc1nnc(-c2ccoc2C)n1C)c1ccsc1. The Bertz CT molecular complexity index is 808. The maximum atomic E-state index is 12.1. The van der Waals surface area contributed by atoms with E-state index in [2.05, 4.69) is 10.2 Å². The van der Waals surface area contributed by atoms with E-state index in [4.69, 9.17) is 9.15 Å². The second kappa shape index (κ2) is 6.59. The lowest BCUT2D eigenvalue weighted by Gasteiger charge is -2.12. The summed E-state index contributed by atoms with van der Waals surface area (Å²) >= 11 is 2.86. The number of furan rings is 1. The normalized spacial score (nSPS) is 12.3. The first-order chi connectivity index (χ1) is 11.1. The van der Waals surface area contributed by atoms with E-state index in [1.807, 2.05) is 41.4 Å². The number of carbonyl (C=O) groups is 1. The quantitative estimate of drug-likeness (QED) is 0.519. The van der Waals surface area contributed by atoms with Gasteiger partial charge in [-0.1, -0.05) is 11.8 Å². The molecule has 3 rings (SSSR count). The molecule has 0 radical (unpaired) electrons. The van der Waals surface area contributed by atoms with Crippen molar-refractivity contribution in [3.8, 4) is 11.4 Å². The minimum absolute atomic E-state index is 0.308. The van der Waals surface area contributed by atoms with Gasteiger partial charge >= 0.3 is 5.97 Å². The van der Waals surface area contributed by atoms with Crippen molar-refractivity contribution in [1.82, 2.24) is 14.8 Å². The van der Waals surface area contributed by atoms with Gasteiger partial charge in [0.25, 0.3) is 0 Å². The number of ether oxygens (including phenoxy) is 1. The Kier molecular flexibility index (Phi) is 4.53. The van der Waals surface area contributed by atoms with Crippen LogP contribution in [0, 0.1) is 6.92 Å². The molecule has 23 heavy (non-hydrogen) atoms. The molecule has 0 spiro atoms. The zero-order valence-electron chi connectivity index (χ0n) is 12.8. The predicted octanol–water partition coefficient (Wildman–Crippen LogP) is 3.45. The number of aromatic nitrogens is 3. The highest BCUT2D eigenvalue weighted by Gasteiger charge is 2.26. The molecule has 3 aromatic rings. The number of nitrogens with zero attached hydrogens (tertiary/aromatic N) is 3. The highest BCUT2D eigenvalue weighted by Crippen LogP contribution is 2.37. The number of aryl methyl sites for hydroxylation is 1. The van der Waals surface area contributed by atoms with Gasteiger partial charge in [0.05, 0.1) is 18.9 Å². The summed E-state index contributed by atoms with van der Waals surface area (Å²) in [5.74, 6) is 1.17. The van der Waals surface area contributed by atoms with Crippen LogP contribution in [0.15, 0.2) is 38.7 Å². The van der Waals surface area contributed by atoms with Crippen LogP contribution in [-0.2, 0) is 16.6 Å². The Balaban J connectivity index is 1.92. The molecule has 0 fully saturated rings. The molecule has 3 aromatic heterocycles. The molecule has 0 unspecified atom stereocenters. The largest absolute Gasteiger partial charge is 0.469 e. The number of carbonyl (C=O) groups excluding carboxylic acids is 1. The topological polar surface area (TPSA) is 70.2 Å². The van der Waals surface area contributed by atoms with E-state index in [0.29, 0.717) is 11.0 Å². The van der Waals surface area contributed by atoms with Crippen molar-refractivity contribution in [2.45, 2.75) is 17.3 Å². The van der Waals surface area contributed by atoms with Crippen molar-refractivity contribution in [1.29, 1.82) is 0 Å². The summed E-state index contributed by atoms with van der Waals surface area (Å²) in [7, 11) is 3.26. The van der Waals surface area contributed by atoms with E-state index < -0.39 is 5.25 Å². The maximum absolute atomic E-state index is 12.1. The monoisotopic (exact) mass is 349 g/mol. The van der Waals surface area contributed by atoms with Gasteiger partial charge in [-0.2, -0.15) is 11.3 Å². The van der Waals surface area contributed by atoms with E-state index in [-0.39, 0.29) is 5.97 Å². The average molecular weight is 349 g/mol. The van der Waals surface area contributed by atoms with Crippen molar-refractivity contribution >= 4 is 29.1 Å². The molecule has 0 saturated heterocycles. The first-order valence-electron chi connectivity index (χ1n) is 6.82. The number of rotatable bonds is 5. The molecular weight excluding hydrogens is 334 g/mol. The summed E-state index contributed by atoms with van der Waals surface area (Å²) in [6, 6.07) is 3.77. The fourth-order valence-electron chi connectivity index (χ4n) is 2.16. The summed E-state index contributed by atoms with van der Waals surface area (Å²) in [6.45, 7) is 1.87. The Morgan fingerprint density at radius 3 is 2.87 bits per heavy atom. The fourth-order valence-corrected chi connectivity index (χ4v) is 3.95. The zero-order valence-corrected chi connectivity index (χ0v) is 14.5. The maximum Gasteiger partial charge on any atom is 0.323 e. The molecule has 0 bridgehead atoms. The van der Waals surface area contributed by atoms with Crippen LogP contribution >= 0.6 is 23.1 Å². The van der Waals surface area contributed by atoms with Gasteiger partial charge in [-0.05, 0) is 35.4 Å². The third kappa shape index (κ3) is 3.04. The van der Waals surface area contributed by atoms with Gasteiger partial charge in [0.2, 0.25) is 0 Å². The number of esters is 1. The Labute approximate surface area is 141 Å². The minimum Gasteiger partial charge on any atom is -0.469 e. The standard InChI is InChI=1S/C15H15N3O3S2/c1-9-11(4-6-21-9)13-16-17-15(18(13)2)23-12(14(19)20-3)10-5-7-22-8-10/h4-8,12H,1-3H3/t12-/m1/s1. The van der Waals surface area contributed by atoms with Crippen molar-refractivity contribution in [3.63, 3.8) is 0 Å². The van der Waals surface area contributed by atoms with Crippen LogP contribution in [0.3, 0.4) is 0 Å². The molecule has 0 saturated carbocycles. The molecular formula is C15H15N3O3S2. The lowest BCUT2D eigenvalue weighted by Crippen LogP contribution is -2.11. The van der Waals surface area contributed by atoms with Crippen LogP contribution < -0.4 is 0 Å². The molecule has 3 heterocycles. The van der Waals surface area contributed by atoms with E-state index in [9.17, 15) is 4.79 Å². The van der Waals surface area contributed by atoms with Gasteiger partial charge in [-0.15, -0.1) is 10.2 Å². The van der Waals surface area contributed by atoms with E-state index in [1.54, 1.807) is 6.26 Å². The number of hydrogen-bond acceptors (Lipinski definition) is 7. The summed E-state index contributed by atoms with van der Waals surface area (Å²) < 4.78 is 12.1. The first-order valence-corrected chi connectivity index (χ1v) is 8.64. The Hall–Kier alpha value is -2.06. The van der Waals surface area contributed by atoms with Gasteiger partial charge in [0, 0.05) is 7.05 Å². The minimum atomic E-state index is -0.465. The molecule has 0 aromatic carbocycles. The summed E-state index contributed by atoms with van der Waals surface area (Å²) in [6.07, 6.45) is 1.62. The lowest BCUT2D eigenvalue weighted by molar-refractivity contribution is -0.140. The molecule has 0 amide bonds. The van der Waals surface area contributed by atoms with Crippen LogP contribution in [0.1, 0.15) is 16.6 Å². The summed E-state index contributed by atoms with van der Waals surface area (Å²) in [4.78, 5) is 12.1. The first kappa shape index (κ1) is 15.8. The second-order valence-corrected chi connectivity index (χ2v) is 6.69. The van der Waals surface area contributed by atoms with E-state index in [0.717, 1.165) is 16.9 Å². The summed E-state index contributed by atoms with van der Waals surface area (Å²) in [5.41, 5.74) is 1.79. The number of methoxy groups -OCH3 is 1. The lowest BCUT2D eigenvalue weighted by atomic mass is 10.2. The van der Waals surface area contributed by atoms with Gasteiger partial charge in [0.1, 0.15) is 11.0 Å². The van der Waals surface area contributed by atoms with Gasteiger partial charge in [-0.3, -0.25) is 4.79 Å². The number of thiophene rings is 1. The van der Waals surface area contributed by atoms with Crippen molar-refractivity contribution < 1.29 is 13.9 Å². The third-order valence-electron chi connectivity index (χ3n) is 3.42. The van der Waals surface area contributed by atoms with Crippen LogP contribution in [0.4, 0.5) is 0 Å². The van der Waals surface area contributed by atoms with Crippen molar-refractivity contribution in [2.75, 3.05) is 7.11 Å². The molecule has 8 heteroatoms. The Morgan fingerprint density at radius 2 is 2.26 bits per heavy atom. The van der Waals surface area contributed by atoms with Crippen molar-refractivity contribution in [3.05, 3.63) is 40.5 Å². The molecule has 0 aliphatic heterocycles. The zero-order chi connectivity index (χ0) is 16.4. The average Bonchev–Trinajstić information content (AvgIpc) is 3.27. The highest BCUT2D eigenvalue weighted by molar-refractivity contribution is 8.00. The predicted molar refractivity (Wildman–Crippen MR) is 88.4 cm³/mol. The van der Waals surface area contributed by atoms with Crippen molar-refractivity contribution in [2.24, 2.45) is 7.05 Å². The highest BCUT2D eigenvalue weighted by atomic mass is 32.2.